The van der Waals surface area contributed by atoms with Crippen molar-refractivity contribution in [2.24, 2.45) is 5.92 Å². The fourth-order valence-electron chi connectivity index (χ4n) is 3.19. The summed E-state index contributed by atoms with van der Waals surface area (Å²) in [4.78, 5) is 25.2. The highest BCUT2D eigenvalue weighted by Crippen LogP contribution is 2.27. The van der Waals surface area contributed by atoms with E-state index in [0.29, 0.717) is 13.0 Å². The fraction of sp³-hybridized carbons (Fsp3) is 0.867. The van der Waals surface area contributed by atoms with Gasteiger partial charge in [0.2, 0.25) is 11.8 Å². The van der Waals surface area contributed by atoms with Gasteiger partial charge < -0.3 is 10.2 Å². The molecule has 19 heavy (non-hydrogen) atoms. The van der Waals surface area contributed by atoms with Gasteiger partial charge in [0.1, 0.15) is 0 Å². The van der Waals surface area contributed by atoms with Gasteiger partial charge in [-0.1, -0.05) is 32.1 Å². The monoisotopic (exact) mass is 266 g/mol. The quantitative estimate of drug-likeness (QED) is 0.847. The van der Waals surface area contributed by atoms with Crippen LogP contribution in [0.2, 0.25) is 0 Å². The smallest absolute Gasteiger partial charge is 0.239 e. The Morgan fingerprint density at radius 3 is 2.79 bits per heavy atom. The van der Waals surface area contributed by atoms with Gasteiger partial charge in [-0.2, -0.15) is 0 Å². The highest BCUT2D eigenvalue weighted by molar-refractivity contribution is 5.85. The molecule has 1 N–H and O–H groups in total. The van der Waals surface area contributed by atoms with Gasteiger partial charge in [-0.25, -0.2) is 0 Å². The van der Waals surface area contributed by atoms with Gasteiger partial charge in [0.15, 0.2) is 0 Å². The number of hydrogen-bond acceptors (Lipinski definition) is 2. The van der Waals surface area contributed by atoms with Crippen molar-refractivity contribution in [1.29, 1.82) is 0 Å². The Balaban J connectivity index is 1.66. The number of nitrogens with one attached hydrogen (secondary N) is 1. The number of carbonyl (C=O) groups excluding carboxylic acids is 2. The van der Waals surface area contributed by atoms with Gasteiger partial charge in [0.05, 0.1) is 6.54 Å². The van der Waals surface area contributed by atoms with Gasteiger partial charge in [-0.3, -0.25) is 9.59 Å². The van der Waals surface area contributed by atoms with E-state index in [4.69, 9.17) is 0 Å². The van der Waals surface area contributed by atoms with E-state index in [1.54, 1.807) is 4.90 Å². The molecular formula is C15H26N2O2. The molecule has 0 spiro atoms. The van der Waals surface area contributed by atoms with E-state index < -0.39 is 0 Å². The van der Waals surface area contributed by atoms with Crippen molar-refractivity contribution in [3.63, 3.8) is 0 Å². The predicted octanol–water partition coefficient (Wildman–Crippen LogP) is 2.09. The summed E-state index contributed by atoms with van der Waals surface area (Å²) in [6.45, 7) is 1.67. The highest BCUT2D eigenvalue weighted by atomic mass is 16.2. The molecule has 0 aromatic rings. The molecule has 0 atom stereocenters. The van der Waals surface area contributed by atoms with Crippen LogP contribution in [0.5, 0.6) is 0 Å². The van der Waals surface area contributed by atoms with Crippen LogP contribution in [0, 0.1) is 5.92 Å². The van der Waals surface area contributed by atoms with Crippen molar-refractivity contribution < 1.29 is 9.59 Å². The molecule has 108 valence electrons. The summed E-state index contributed by atoms with van der Waals surface area (Å²) >= 11 is 0. The van der Waals surface area contributed by atoms with E-state index in [9.17, 15) is 9.59 Å². The molecule has 2 aliphatic rings. The first kappa shape index (κ1) is 14.4. The Labute approximate surface area is 115 Å². The van der Waals surface area contributed by atoms with Gasteiger partial charge in [0.25, 0.3) is 0 Å². The van der Waals surface area contributed by atoms with E-state index in [1.807, 2.05) is 0 Å². The van der Waals surface area contributed by atoms with Crippen LogP contribution < -0.4 is 5.32 Å². The number of carbonyl (C=O) groups is 2. The minimum atomic E-state index is -0.0156. The van der Waals surface area contributed by atoms with E-state index in [0.717, 1.165) is 25.3 Å². The first-order chi connectivity index (χ1) is 9.25. The van der Waals surface area contributed by atoms with E-state index in [-0.39, 0.29) is 18.4 Å². The Bertz CT molecular complexity index is 311. The first-order valence-corrected chi connectivity index (χ1v) is 7.80. The lowest BCUT2D eigenvalue weighted by Crippen LogP contribution is -2.37. The maximum atomic E-state index is 12.1. The normalized spacial score (nSPS) is 21.9. The summed E-state index contributed by atoms with van der Waals surface area (Å²) in [5.74, 6) is 0.986. The molecule has 2 amide bonds. The number of nitrogens with zero attached hydrogens (tertiary/aromatic N) is 1. The Morgan fingerprint density at radius 2 is 2.00 bits per heavy atom. The first-order valence-electron chi connectivity index (χ1n) is 7.80. The van der Waals surface area contributed by atoms with Crippen molar-refractivity contribution in [2.45, 2.75) is 57.8 Å². The van der Waals surface area contributed by atoms with Crippen molar-refractivity contribution in [2.75, 3.05) is 19.6 Å². The summed E-state index contributed by atoms with van der Waals surface area (Å²) in [6, 6.07) is 0. The second-order valence-electron chi connectivity index (χ2n) is 5.92. The van der Waals surface area contributed by atoms with Crippen LogP contribution in [0.25, 0.3) is 0 Å². The molecule has 0 aromatic carbocycles. The molecule has 0 unspecified atom stereocenters. The van der Waals surface area contributed by atoms with Crippen molar-refractivity contribution >= 4 is 11.8 Å². The topological polar surface area (TPSA) is 49.4 Å². The van der Waals surface area contributed by atoms with Crippen molar-refractivity contribution in [3.05, 3.63) is 0 Å². The second kappa shape index (κ2) is 7.51. The predicted molar refractivity (Wildman–Crippen MR) is 74.6 cm³/mol. The largest absolute Gasteiger partial charge is 0.354 e. The Morgan fingerprint density at radius 1 is 1.21 bits per heavy atom. The molecule has 2 rings (SSSR count). The van der Waals surface area contributed by atoms with E-state index in [2.05, 4.69) is 5.32 Å². The molecular weight excluding hydrogens is 240 g/mol. The zero-order chi connectivity index (χ0) is 13.5. The highest BCUT2D eigenvalue weighted by Gasteiger charge is 2.20. The molecule has 1 saturated carbocycles. The SMILES string of the molecule is O=C1CN(C(=O)CCCC2CCCCC2)CCCN1. The third-order valence-electron chi connectivity index (χ3n) is 4.34. The van der Waals surface area contributed by atoms with Gasteiger partial charge in [-0.15, -0.1) is 0 Å². The summed E-state index contributed by atoms with van der Waals surface area (Å²) in [6.07, 6.45) is 10.5. The molecule has 2 fully saturated rings. The van der Waals surface area contributed by atoms with Crippen LogP contribution in [-0.2, 0) is 9.59 Å². The molecule has 1 heterocycles. The van der Waals surface area contributed by atoms with Crippen molar-refractivity contribution in [1.82, 2.24) is 10.2 Å². The lowest BCUT2D eigenvalue weighted by Gasteiger charge is -2.22. The lowest BCUT2D eigenvalue weighted by atomic mass is 9.86. The average Bonchev–Trinajstić information content (AvgIpc) is 2.64. The van der Waals surface area contributed by atoms with E-state index >= 15 is 0 Å². The van der Waals surface area contributed by atoms with Gasteiger partial charge >= 0.3 is 0 Å². The third-order valence-corrected chi connectivity index (χ3v) is 4.34. The molecule has 0 bridgehead atoms. The van der Waals surface area contributed by atoms with Gasteiger partial charge in [-0.05, 0) is 25.2 Å². The summed E-state index contributed by atoms with van der Waals surface area (Å²) in [5.41, 5.74) is 0. The zero-order valence-electron chi connectivity index (χ0n) is 11.8. The molecule has 0 aromatic heterocycles. The van der Waals surface area contributed by atoms with Crippen molar-refractivity contribution in [3.8, 4) is 0 Å². The number of rotatable bonds is 4. The van der Waals surface area contributed by atoms with Crippen LogP contribution in [0.15, 0.2) is 0 Å². The van der Waals surface area contributed by atoms with Crippen LogP contribution in [-0.4, -0.2) is 36.3 Å². The Kier molecular flexibility index (Phi) is 5.67. The lowest BCUT2D eigenvalue weighted by molar-refractivity contribution is -0.135. The van der Waals surface area contributed by atoms with Crippen LogP contribution >= 0.6 is 0 Å². The second-order valence-corrected chi connectivity index (χ2v) is 5.92. The number of amides is 2. The average molecular weight is 266 g/mol. The van der Waals surface area contributed by atoms with Crippen LogP contribution in [0.1, 0.15) is 57.8 Å². The molecule has 4 nitrogen and oxygen atoms in total. The summed E-state index contributed by atoms with van der Waals surface area (Å²) < 4.78 is 0. The van der Waals surface area contributed by atoms with E-state index in [1.165, 1.54) is 38.5 Å². The summed E-state index contributed by atoms with van der Waals surface area (Å²) in [7, 11) is 0. The standard InChI is InChI=1S/C15H26N2O2/c18-14-12-17(11-5-10-16-14)15(19)9-4-8-13-6-2-1-3-7-13/h13H,1-12H2,(H,16,18). The zero-order valence-corrected chi connectivity index (χ0v) is 11.8. The minimum Gasteiger partial charge on any atom is -0.354 e. The minimum absolute atomic E-state index is 0.0156. The molecule has 4 heteroatoms. The van der Waals surface area contributed by atoms with Crippen LogP contribution in [0.3, 0.4) is 0 Å². The van der Waals surface area contributed by atoms with Gasteiger partial charge in [0, 0.05) is 19.5 Å². The maximum Gasteiger partial charge on any atom is 0.239 e. The fourth-order valence-corrected chi connectivity index (χ4v) is 3.19. The molecule has 0 radical (unpaired) electrons. The third kappa shape index (κ3) is 4.84. The molecule has 1 saturated heterocycles. The number of hydrogen-bond donors (Lipinski definition) is 1. The molecule has 1 aliphatic carbocycles. The maximum absolute atomic E-state index is 12.1. The Hall–Kier alpha value is -1.06. The van der Waals surface area contributed by atoms with Crippen LogP contribution in [0.4, 0.5) is 0 Å². The molecule has 1 aliphatic heterocycles. The summed E-state index contributed by atoms with van der Waals surface area (Å²) in [5, 5.41) is 2.80.